The topological polar surface area (TPSA) is 43.8 Å². The minimum absolute atomic E-state index is 0.285. The number of carbonyl (C=O) groups is 1. The van der Waals surface area contributed by atoms with Crippen molar-refractivity contribution >= 4 is 5.97 Å². The molecule has 1 N–H and O–H groups in total. The summed E-state index contributed by atoms with van der Waals surface area (Å²) in [5.74, 6) is -0.404. The molecule has 0 spiro atoms. The van der Waals surface area contributed by atoms with Crippen molar-refractivity contribution in [3.63, 3.8) is 0 Å². The van der Waals surface area contributed by atoms with Gasteiger partial charge in [0.2, 0.25) is 0 Å². The molecule has 4 heteroatoms. The van der Waals surface area contributed by atoms with E-state index in [-0.39, 0.29) is 5.92 Å². The molecule has 0 aromatic heterocycles. The molecule has 0 saturated heterocycles. The van der Waals surface area contributed by atoms with E-state index in [0.29, 0.717) is 12.5 Å². The van der Waals surface area contributed by atoms with E-state index in [1.807, 2.05) is 0 Å². The number of hydrogen-bond acceptors (Lipinski definition) is 3. The second-order valence-corrected chi connectivity index (χ2v) is 5.77. The minimum Gasteiger partial charge on any atom is -0.481 e. The molecule has 0 saturated carbocycles. The standard InChI is InChI=1S/C15H32N2O2/c1-6-16(7-2)9-8-10-17(11-13(3)4)12-14(5)15(18)19/h13-14H,6-12H2,1-5H3,(H,18,19). The lowest BCUT2D eigenvalue weighted by atomic mass is 10.1. The summed E-state index contributed by atoms with van der Waals surface area (Å²) in [6, 6.07) is 0. The Morgan fingerprint density at radius 1 is 1.00 bits per heavy atom. The summed E-state index contributed by atoms with van der Waals surface area (Å²) in [6.07, 6.45) is 1.11. The molecule has 114 valence electrons. The lowest BCUT2D eigenvalue weighted by Gasteiger charge is -2.27. The molecule has 19 heavy (non-hydrogen) atoms. The maximum Gasteiger partial charge on any atom is 0.307 e. The van der Waals surface area contributed by atoms with Gasteiger partial charge in [0.05, 0.1) is 5.92 Å². The van der Waals surface area contributed by atoms with Crippen molar-refractivity contribution in [2.24, 2.45) is 11.8 Å². The summed E-state index contributed by atoms with van der Waals surface area (Å²) >= 11 is 0. The van der Waals surface area contributed by atoms with Crippen molar-refractivity contribution in [2.75, 3.05) is 39.3 Å². The molecule has 4 nitrogen and oxygen atoms in total. The number of hydrogen-bond donors (Lipinski definition) is 1. The number of aliphatic carboxylic acids is 1. The summed E-state index contributed by atoms with van der Waals surface area (Å²) in [5, 5.41) is 9.02. The van der Waals surface area contributed by atoms with Gasteiger partial charge in [-0.25, -0.2) is 0 Å². The Kier molecular flexibility index (Phi) is 9.88. The van der Waals surface area contributed by atoms with Crippen LogP contribution in [-0.2, 0) is 4.79 Å². The Bertz CT molecular complexity index is 240. The molecule has 0 aliphatic rings. The zero-order chi connectivity index (χ0) is 14.8. The fraction of sp³-hybridized carbons (Fsp3) is 0.933. The molecule has 0 radical (unpaired) electrons. The molecule has 0 aromatic rings. The average Bonchev–Trinajstić information content (AvgIpc) is 2.33. The van der Waals surface area contributed by atoms with Crippen LogP contribution in [0.5, 0.6) is 0 Å². The molecule has 0 rings (SSSR count). The van der Waals surface area contributed by atoms with Gasteiger partial charge >= 0.3 is 5.97 Å². The van der Waals surface area contributed by atoms with Gasteiger partial charge in [-0.1, -0.05) is 34.6 Å². The number of carboxylic acid groups (broad SMARTS) is 1. The summed E-state index contributed by atoms with van der Waals surface area (Å²) in [5.41, 5.74) is 0. The smallest absolute Gasteiger partial charge is 0.307 e. The van der Waals surface area contributed by atoms with Crippen molar-refractivity contribution in [3.8, 4) is 0 Å². The Balaban J connectivity index is 4.16. The monoisotopic (exact) mass is 272 g/mol. The van der Waals surface area contributed by atoms with Crippen LogP contribution < -0.4 is 0 Å². The van der Waals surface area contributed by atoms with E-state index in [1.165, 1.54) is 0 Å². The molecule has 1 atom stereocenters. The lowest BCUT2D eigenvalue weighted by Crippen LogP contribution is -2.36. The van der Waals surface area contributed by atoms with Gasteiger partial charge in [0.25, 0.3) is 0 Å². The molecular formula is C15H32N2O2. The van der Waals surface area contributed by atoms with Crippen LogP contribution in [-0.4, -0.2) is 60.1 Å². The predicted molar refractivity (Wildman–Crippen MR) is 80.5 cm³/mol. The molecule has 0 aliphatic carbocycles. The fourth-order valence-corrected chi connectivity index (χ4v) is 2.30. The highest BCUT2D eigenvalue weighted by Crippen LogP contribution is 2.06. The maximum atomic E-state index is 11.0. The van der Waals surface area contributed by atoms with Crippen molar-refractivity contribution < 1.29 is 9.90 Å². The van der Waals surface area contributed by atoms with Crippen molar-refractivity contribution in [3.05, 3.63) is 0 Å². The molecular weight excluding hydrogens is 240 g/mol. The van der Waals surface area contributed by atoms with E-state index in [0.717, 1.165) is 39.1 Å². The minimum atomic E-state index is -0.697. The van der Waals surface area contributed by atoms with E-state index < -0.39 is 5.97 Å². The zero-order valence-electron chi connectivity index (χ0n) is 13.4. The second-order valence-electron chi connectivity index (χ2n) is 5.77. The van der Waals surface area contributed by atoms with Gasteiger partial charge < -0.3 is 14.9 Å². The Morgan fingerprint density at radius 2 is 1.53 bits per heavy atom. The molecule has 0 aliphatic heterocycles. The third-order valence-electron chi connectivity index (χ3n) is 3.42. The van der Waals surface area contributed by atoms with Gasteiger partial charge in [-0.3, -0.25) is 4.79 Å². The number of nitrogens with zero attached hydrogens (tertiary/aromatic N) is 2. The Labute approximate surface area is 118 Å². The normalized spacial score (nSPS) is 13.5. The quantitative estimate of drug-likeness (QED) is 0.627. The van der Waals surface area contributed by atoms with E-state index in [4.69, 9.17) is 5.11 Å². The van der Waals surface area contributed by atoms with E-state index in [9.17, 15) is 4.79 Å². The molecule has 1 unspecified atom stereocenters. The number of rotatable bonds is 11. The van der Waals surface area contributed by atoms with E-state index >= 15 is 0 Å². The lowest BCUT2D eigenvalue weighted by molar-refractivity contribution is -0.141. The molecule has 0 bridgehead atoms. The highest BCUT2D eigenvalue weighted by Gasteiger charge is 2.16. The fourth-order valence-electron chi connectivity index (χ4n) is 2.30. The summed E-state index contributed by atoms with van der Waals surface area (Å²) in [6.45, 7) is 16.4. The molecule has 0 aromatic carbocycles. The zero-order valence-corrected chi connectivity index (χ0v) is 13.4. The van der Waals surface area contributed by atoms with Gasteiger partial charge in [-0.2, -0.15) is 0 Å². The first kappa shape index (κ1) is 18.4. The SMILES string of the molecule is CCN(CC)CCCN(CC(C)C)CC(C)C(=O)O. The van der Waals surface area contributed by atoms with Gasteiger partial charge in [-0.15, -0.1) is 0 Å². The Hall–Kier alpha value is -0.610. The molecule has 0 heterocycles. The van der Waals surface area contributed by atoms with Crippen LogP contribution in [0.15, 0.2) is 0 Å². The van der Waals surface area contributed by atoms with Gasteiger partial charge in [0.15, 0.2) is 0 Å². The van der Waals surface area contributed by atoms with Crippen LogP contribution in [0.3, 0.4) is 0 Å². The summed E-state index contributed by atoms with van der Waals surface area (Å²) < 4.78 is 0. The summed E-state index contributed by atoms with van der Waals surface area (Å²) in [4.78, 5) is 15.7. The first-order valence-electron chi connectivity index (χ1n) is 7.58. The second kappa shape index (κ2) is 10.2. The van der Waals surface area contributed by atoms with Crippen LogP contribution >= 0.6 is 0 Å². The van der Waals surface area contributed by atoms with Crippen LogP contribution in [0.1, 0.15) is 41.0 Å². The van der Waals surface area contributed by atoms with E-state index in [2.05, 4.69) is 37.5 Å². The third kappa shape index (κ3) is 9.00. The Morgan fingerprint density at radius 3 is 1.95 bits per heavy atom. The largest absolute Gasteiger partial charge is 0.481 e. The van der Waals surface area contributed by atoms with Crippen LogP contribution in [0, 0.1) is 11.8 Å². The molecule has 0 amide bonds. The first-order valence-corrected chi connectivity index (χ1v) is 7.58. The molecule has 0 fully saturated rings. The highest BCUT2D eigenvalue weighted by atomic mass is 16.4. The van der Waals surface area contributed by atoms with Crippen LogP contribution in [0.4, 0.5) is 0 Å². The van der Waals surface area contributed by atoms with E-state index in [1.54, 1.807) is 6.92 Å². The number of carboxylic acids is 1. The maximum absolute atomic E-state index is 11.0. The van der Waals surface area contributed by atoms with Crippen molar-refractivity contribution in [2.45, 2.75) is 41.0 Å². The van der Waals surface area contributed by atoms with Gasteiger partial charge in [0.1, 0.15) is 0 Å². The van der Waals surface area contributed by atoms with Gasteiger partial charge in [0, 0.05) is 13.1 Å². The third-order valence-corrected chi connectivity index (χ3v) is 3.42. The average molecular weight is 272 g/mol. The highest BCUT2D eigenvalue weighted by molar-refractivity contribution is 5.69. The summed E-state index contributed by atoms with van der Waals surface area (Å²) in [7, 11) is 0. The first-order chi connectivity index (χ1) is 8.90. The van der Waals surface area contributed by atoms with Crippen molar-refractivity contribution in [1.29, 1.82) is 0 Å². The van der Waals surface area contributed by atoms with Crippen molar-refractivity contribution in [1.82, 2.24) is 9.80 Å². The van der Waals surface area contributed by atoms with Crippen LogP contribution in [0.25, 0.3) is 0 Å². The van der Waals surface area contributed by atoms with Crippen LogP contribution in [0.2, 0.25) is 0 Å². The van der Waals surface area contributed by atoms with Gasteiger partial charge in [-0.05, 0) is 38.5 Å². The predicted octanol–water partition coefficient (Wildman–Crippen LogP) is 2.40.